The van der Waals surface area contributed by atoms with E-state index >= 15 is 0 Å². The molecule has 172 valence electrons. The second kappa shape index (κ2) is 10.5. The number of imide groups is 1. The van der Waals surface area contributed by atoms with Crippen molar-refractivity contribution >= 4 is 40.8 Å². The highest BCUT2D eigenvalue weighted by atomic mass is 32.2. The number of nitrogens with one attached hydrogen (secondary N) is 1. The first-order valence-corrected chi connectivity index (χ1v) is 11.3. The summed E-state index contributed by atoms with van der Waals surface area (Å²) < 4.78 is 13.8. The molecule has 0 aliphatic carbocycles. The lowest BCUT2D eigenvalue weighted by Gasteiger charge is -2.34. The molecule has 1 N–H and O–H groups in total. The first-order chi connectivity index (χ1) is 16.0. The highest BCUT2D eigenvalue weighted by Gasteiger charge is 2.34. The van der Waals surface area contributed by atoms with Crippen LogP contribution >= 0.6 is 11.8 Å². The van der Waals surface area contributed by atoms with E-state index in [-0.39, 0.29) is 36.0 Å². The number of anilines is 1. The molecule has 0 atom stereocenters. The quantitative estimate of drug-likeness (QED) is 0.610. The zero-order chi connectivity index (χ0) is 23.2. The van der Waals surface area contributed by atoms with E-state index in [1.807, 2.05) is 4.90 Å². The molecule has 0 saturated carbocycles. The number of aromatic nitrogens is 2. The van der Waals surface area contributed by atoms with Crippen LogP contribution in [0.4, 0.5) is 15.1 Å². The molecule has 11 heteroatoms. The molecule has 0 spiro atoms. The summed E-state index contributed by atoms with van der Waals surface area (Å²) >= 11 is 0.767. The molecule has 1 aromatic carbocycles. The Morgan fingerprint density at radius 2 is 1.82 bits per heavy atom. The third-order valence-corrected chi connectivity index (χ3v) is 6.20. The van der Waals surface area contributed by atoms with Crippen molar-refractivity contribution < 1.29 is 18.8 Å². The van der Waals surface area contributed by atoms with Gasteiger partial charge in [-0.3, -0.25) is 24.2 Å². The maximum Gasteiger partial charge on any atom is 0.293 e. The minimum atomic E-state index is -0.484. The first-order valence-electron chi connectivity index (χ1n) is 10.5. The molecule has 2 aliphatic rings. The van der Waals surface area contributed by atoms with Crippen LogP contribution in [-0.2, 0) is 9.59 Å². The van der Waals surface area contributed by atoms with Crippen LogP contribution in [0.15, 0.2) is 47.6 Å². The molecule has 2 fully saturated rings. The minimum absolute atomic E-state index is 0.0597. The van der Waals surface area contributed by atoms with Crippen LogP contribution in [0, 0.1) is 5.82 Å². The molecule has 3 amide bonds. The summed E-state index contributed by atoms with van der Waals surface area (Å²) in [7, 11) is 0. The highest BCUT2D eigenvalue weighted by Crippen LogP contribution is 2.32. The fourth-order valence-electron chi connectivity index (χ4n) is 3.55. The molecule has 33 heavy (non-hydrogen) atoms. The van der Waals surface area contributed by atoms with E-state index in [4.69, 9.17) is 0 Å². The molecule has 3 heterocycles. The van der Waals surface area contributed by atoms with Crippen LogP contribution in [0.1, 0.15) is 5.56 Å². The Morgan fingerprint density at radius 3 is 2.55 bits per heavy atom. The van der Waals surface area contributed by atoms with Gasteiger partial charge in [0.1, 0.15) is 5.82 Å². The number of halogens is 1. The predicted molar refractivity (Wildman–Crippen MR) is 123 cm³/mol. The van der Waals surface area contributed by atoms with E-state index in [9.17, 15) is 18.8 Å². The van der Waals surface area contributed by atoms with Gasteiger partial charge in [-0.05, 0) is 30.0 Å². The molecular weight excluding hydrogens is 447 g/mol. The van der Waals surface area contributed by atoms with E-state index in [1.165, 1.54) is 18.2 Å². The largest absolute Gasteiger partial charge is 0.353 e. The number of benzene rings is 1. The minimum Gasteiger partial charge on any atom is -0.353 e. The number of hydrogen-bond donors (Lipinski definition) is 1. The van der Waals surface area contributed by atoms with Gasteiger partial charge < -0.3 is 10.2 Å². The van der Waals surface area contributed by atoms with Crippen molar-refractivity contribution in [2.45, 2.75) is 0 Å². The van der Waals surface area contributed by atoms with Gasteiger partial charge in [0.05, 0.1) is 11.4 Å². The van der Waals surface area contributed by atoms with Crippen molar-refractivity contribution in [3.05, 3.63) is 59.0 Å². The average molecular weight is 471 g/mol. The Hall–Kier alpha value is -3.31. The lowest BCUT2D eigenvalue weighted by Crippen LogP contribution is -2.50. The van der Waals surface area contributed by atoms with Crippen LogP contribution < -0.4 is 10.2 Å². The fraction of sp³-hybridized carbons (Fsp3) is 0.318. The van der Waals surface area contributed by atoms with E-state index in [0.717, 1.165) is 29.8 Å². The van der Waals surface area contributed by atoms with Gasteiger partial charge in [-0.2, -0.15) is 0 Å². The molecule has 0 unspecified atom stereocenters. The van der Waals surface area contributed by atoms with Crippen molar-refractivity contribution in [2.24, 2.45) is 0 Å². The zero-order valence-electron chi connectivity index (χ0n) is 17.8. The Kier molecular flexibility index (Phi) is 7.30. The number of nitrogens with zero attached hydrogens (tertiary/aromatic N) is 5. The smallest absolute Gasteiger partial charge is 0.293 e. The fourth-order valence-corrected chi connectivity index (χ4v) is 4.41. The second-order valence-electron chi connectivity index (χ2n) is 7.52. The van der Waals surface area contributed by atoms with Crippen molar-refractivity contribution in [1.82, 2.24) is 25.1 Å². The highest BCUT2D eigenvalue weighted by molar-refractivity contribution is 8.18. The second-order valence-corrected chi connectivity index (χ2v) is 8.51. The molecule has 4 rings (SSSR count). The predicted octanol–water partition coefficient (Wildman–Crippen LogP) is 1.59. The zero-order valence-corrected chi connectivity index (χ0v) is 18.6. The van der Waals surface area contributed by atoms with E-state index in [0.29, 0.717) is 19.0 Å². The molecule has 0 bridgehead atoms. The lowest BCUT2D eigenvalue weighted by atomic mass is 10.2. The molecule has 9 nitrogen and oxygen atoms in total. The van der Waals surface area contributed by atoms with Gasteiger partial charge in [0, 0.05) is 57.2 Å². The van der Waals surface area contributed by atoms with E-state index in [2.05, 4.69) is 20.2 Å². The Labute approximate surface area is 194 Å². The molecule has 1 aromatic heterocycles. The summed E-state index contributed by atoms with van der Waals surface area (Å²) in [4.78, 5) is 50.9. The third-order valence-electron chi connectivity index (χ3n) is 5.30. The van der Waals surface area contributed by atoms with E-state index in [1.54, 1.807) is 30.6 Å². The number of thioether (sulfide) groups is 1. The normalized spacial score (nSPS) is 18.3. The summed E-state index contributed by atoms with van der Waals surface area (Å²) in [5.74, 6) is -0.438. The number of hydrogen-bond acceptors (Lipinski definition) is 8. The number of amides is 3. The van der Waals surface area contributed by atoms with E-state index < -0.39 is 17.0 Å². The Balaban J connectivity index is 1.21. The van der Waals surface area contributed by atoms with Gasteiger partial charge in [-0.1, -0.05) is 18.2 Å². The molecule has 2 saturated heterocycles. The van der Waals surface area contributed by atoms with Crippen molar-refractivity contribution in [1.29, 1.82) is 0 Å². The summed E-state index contributed by atoms with van der Waals surface area (Å²) in [6.07, 6.45) is 4.78. The van der Waals surface area contributed by atoms with Crippen molar-refractivity contribution in [2.75, 3.05) is 50.7 Å². The third kappa shape index (κ3) is 5.74. The monoisotopic (exact) mass is 470 g/mol. The summed E-state index contributed by atoms with van der Waals surface area (Å²) in [6.45, 7) is 3.31. The topological polar surface area (TPSA) is 98.7 Å². The van der Waals surface area contributed by atoms with Gasteiger partial charge >= 0.3 is 0 Å². The van der Waals surface area contributed by atoms with Crippen LogP contribution in [0.25, 0.3) is 6.08 Å². The summed E-state index contributed by atoms with van der Waals surface area (Å²) in [5, 5.41) is 2.33. The van der Waals surface area contributed by atoms with Crippen LogP contribution in [0.3, 0.4) is 0 Å². The number of piperazine rings is 1. The van der Waals surface area contributed by atoms with Gasteiger partial charge in [0.15, 0.2) is 0 Å². The van der Waals surface area contributed by atoms with Crippen molar-refractivity contribution in [3.63, 3.8) is 0 Å². The SMILES string of the molecule is O=C(CN1CCN(c2ncccn2)CC1)NCCN1C(=O)S/C(=C\c2ccccc2F)C1=O. The first kappa shape index (κ1) is 22.9. The van der Waals surface area contributed by atoms with Gasteiger partial charge in [-0.25, -0.2) is 14.4 Å². The average Bonchev–Trinajstić information content (AvgIpc) is 3.09. The number of rotatable bonds is 7. The van der Waals surface area contributed by atoms with Gasteiger partial charge in [0.25, 0.3) is 11.1 Å². The molecule has 2 aromatic rings. The van der Waals surface area contributed by atoms with Crippen LogP contribution in [0.5, 0.6) is 0 Å². The standard InChI is InChI=1S/C22H23FN6O3S/c23-17-5-2-1-4-16(17)14-18-20(31)29(22(32)33-18)9-8-24-19(30)15-27-10-12-28(13-11-27)21-25-6-3-7-26-21/h1-7,14H,8-13,15H2,(H,24,30)/b18-14-. The number of carbonyl (C=O) groups is 3. The lowest BCUT2D eigenvalue weighted by molar-refractivity contribution is -0.124. The molecule has 2 aliphatic heterocycles. The maximum absolute atomic E-state index is 13.8. The summed E-state index contributed by atoms with van der Waals surface area (Å²) in [6, 6.07) is 7.81. The van der Waals surface area contributed by atoms with Gasteiger partial charge in [-0.15, -0.1) is 0 Å². The van der Waals surface area contributed by atoms with Crippen molar-refractivity contribution in [3.8, 4) is 0 Å². The molecular formula is C22H23FN6O3S. The summed E-state index contributed by atoms with van der Waals surface area (Å²) in [5.41, 5.74) is 0.246. The Bertz CT molecular complexity index is 1060. The number of carbonyl (C=O) groups excluding carboxylic acids is 3. The van der Waals surface area contributed by atoms with Crippen LogP contribution in [0.2, 0.25) is 0 Å². The molecule has 0 radical (unpaired) electrons. The Morgan fingerprint density at radius 1 is 1.09 bits per heavy atom. The van der Waals surface area contributed by atoms with Crippen LogP contribution in [-0.4, -0.2) is 82.6 Å². The maximum atomic E-state index is 13.8. The van der Waals surface area contributed by atoms with Gasteiger partial charge in [0.2, 0.25) is 11.9 Å².